The average molecular weight is 465 g/mol. The minimum Gasteiger partial charge on any atom is -0.507 e. The zero-order chi connectivity index (χ0) is 24.8. The molecule has 0 spiro atoms. The fourth-order valence-electron chi connectivity index (χ4n) is 3.94. The van der Waals surface area contributed by atoms with E-state index in [1.807, 2.05) is 45.0 Å². The summed E-state index contributed by atoms with van der Waals surface area (Å²) in [5, 5.41) is 11.2. The largest absolute Gasteiger partial charge is 0.507 e. The van der Waals surface area contributed by atoms with E-state index in [1.165, 1.54) is 4.90 Å². The second-order valence-corrected chi connectivity index (χ2v) is 8.38. The Bertz CT molecular complexity index is 1090. The summed E-state index contributed by atoms with van der Waals surface area (Å²) in [4.78, 5) is 29.6. The van der Waals surface area contributed by atoms with Crippen LogP contribution in [0.3, 0.4) is 0 Å². The number of likely N-dealkylation sites (tertiary alicyclic amines) is 1. The van der Waals surface area contributed by atoms with Gasteiger partial charge in [0, 0.05) is 18.7 Å². The third-order valence-electron chi connectivity index (χ3n) is 5.64. The molecule has 7 heteroatoms. The lowest BCUT2D eigenvalue weighted by Gasteiger charge is -2.26. The van der Waals surface area contributed by atoms with Crippen LogP contribution in [0.4, 0.5) is 0 Å². The van der Waals surface area contributed by atoms with Gasteiger partial charge in [-0.05, 0) is 69.4 Å². The molecule has 0 bridgehead atoms. The number of benzene rings is 2. The van der Waals surface area contributed by atoms with Gasteiger partial charge in [0.2, 0.25) is 0 Å². The molecule has 1 heterocycles. The number of hydrogen-bond acceptors (Lipinski definition) is 6. The highest BCUT2D eigenvalue weighted by atomic mass is 16.5. The minimum absolute atomic E-state index is 0.0760. The first-order valence-electron chi connectivity index (χ1n) is 11.3. The number of ether oxygens (including phenoxy) is 2. The molecule has 0 radical (unpaired) electrons. The number of nitrogens with zero attached hydrogens (tertiary/aromatic N) is 2. The van der Waals surface area contributed by atoms with E-state index in [0.29, 0.717) is 48.9 Å². The number of ketones is 1. The van der Waals surface area contributed by atoms with E-state index in [-0.39, 0.29) is 11.3 Å². The Hall–Kier alpha value is -3.58. The summed E-state index contributed by atoms with van der Waals surface area (Å²) in [7, 11) is 3.81. The SMILES string of the molecule is C=CCOc1ccc([C@H]2C(=C(O)c3ccc(OCC)c(C)c3)C(=O)C(=O)N2CCN(C)C)cc1. The van der Waals surface area contributed by atoms with E-state index in [4.69, 9.17) is 9.47 Å². The maximum absolute atomic E-state index is 13.1. The standard InChI is InChI=1S/C27H32N2O5/c1-6-16-34-21-11-8-19(9-12-21)24-23(26(31)27(32)29(24)15-14-28(4)5)25(30)20-10-13-22(33-7-2)18(3)17-20/h6,8-13,17,24,30H,1,7,14-16H2,2-5H3/t24-/m0/s1. The van der Waals surface area contributed by atoms with Crippen LogP contribution in [-0.4, -0.2) is 67.0 Å². The van der Waals surface area contributed by atoms with Gasteiger partial charge in [-0.1, -0.05) is 24.8 Å². The molecular formula is C27H32N2O5. The molecule has 0 aromatic heterocycles. The monoisotopic (exact) mass is 464 g/mol. The lowest BCUT2D eigenvalue weighted by molar-refractivity contribution is -0.140. The Kier molecular flexibility index (Phi) is 8.12. The molecule has 1 aliphatic heterocycles. The Morgan fingerprint density at radius 2 is 1.85 bits per heavy atom. The third kappa shape index (κ3) is 5.31. The molecule has 1 atom stereocenters. The van der Waals surface area contributed by atoms with Crippen molar-refractivity contribution in [1.82, 2.24) is 9.80 Å². The number of carbonyl (C=O) groups is 2. The molecule has 3 rings (SSSR count). The van der Waals surface area contributed by atoms with E-state index in [1.54, 1.807) is 36.4 Å². The van der Waals surface area contributed by atoms with Gasteiger partial charge in [-0.15, -0.1) is 0 Å². The quantitative estimate of drug-likeness (QED) is 0.248. The number of aliphatic hydroxyl groups excluding tert-OH is 1. The summed E-state index contributed by atoms with van der Waals surface area (Å²) in [6.45, 7) is 9.23. The number of aliphatic hydroxyl groups is 1. The van der Waals surface area contributed by atoms with Crippen LogP contribution in [0.25, 0.3) is 5.76 Å². The highest BCUT2D eigenvalue weighted by Gasteiger charge is 2.45. The molecule has 0 unspecified atom stereocenters. The smallest absolute Gasteiger partial charge is 0.295 e. The van der Waals surface area contributed by atoms with Gasteiger partial charge in [0.1, 0.15) is 23.9 Å². The Morgan fingerprint density at radius 3 is 2.44 bits per heavy atom. The minimum atomic E-state index is -0.708. The fourth-order valence-corrected chi connectivity index (χ4v) is 3.94. The van der Waals surface area contributed by atoms with Crippen LogP contribution in [0.2, 0.25) is 0 Å². The van der Waals surface area contributed by atoms with Gasteiger partial charge in [-0.3, -0.25) is 9.59 Å². The van der Waals surface area contributed by atoms with E-state index in [2.05, 4.69) is 6.58 Å². The molecule has 1 amide bonds. The zero-order valence-corrected chi connectivity index (χ0v) is 20.2. The van der Waals surface area contributed by atoms with Crippen LogP contribution in [0.1, 0.15) is 29.7 Å². The molecule has 7 nitrogen and oxygen atoms in total. The molecule has 2 aromatic carbocycles. The molecule has 0 saturated carbocycles. The first kappa shape index (κ1) is 25.1. The van der Waals surface area contributed by atoms with Crippen LogP contribution < -0.4 is 9.47 Å². The zero-order valence-electron chi connectivity index (χ0n) is 20.2. The van der Waals surface area contributed by atoms with Gasteiger partial charge >= 0.3 is 0 Å². The van der Waals surface area contributed by atoms with Gasteiger partial charge in [0.25, 0.3) is 11.7 Å². The highest BCUT2D eigenvalue weighted by Crippen LogP contribution is 2.40. The van der Waals surface area contributed by atoms with Crippen molar-refractivity contribution in [2.24, 2.45) is 0 Å². The molecule has 0 aliphatic carbocycles. The van der Waals surface area contributed by atoms with Gasteiger partial charge in [-0.25, -0.2) is 0 Å². The summed E-state index contributed by atoms with van der Waals surface area (Å²) in [5.41, 5.74) is 2.08. The van der Waals surface area contributed by atoms with Crippen LogP contribution >= 0.6 is 0 Å². The van der Waals surface area contributed by atoms with E-state index < -0.39 is 17.7 Å². The number of amides is 1. The van der Waals surface area contributed by atoms with Crippen molar-refractivity contribution in [3.05, 3.63) is 77.4 Å². The number of carbonyl (C=O) groups excluding carboxylic acids is 2. The third-order valence-corrected chi connectivity index (χ3v) is 5.64. The normalized spacial score (nSPS) is 17.3. The second kappa shape index (κ2) is 11.0. The van der Waals surface area contributed by atoms with Crippen LogP contribution in [0, 0.1) is 6.92 Å². The predicted molar refractivity (Wildman–Crippen MR) is 132 cm³/mol. The first-order chi connectivity index (χ1) is 16.3. The van der Waals surface area contributed by atoms with Crippen molar-refractivity contribution in [1.29, 1.82) is 0 Å². The lowest BCUT2D eigenvalue weighted by atomic mass is 9.94. The van der Waals surface area contributed by atoms with Crippen molar-refractivity contribution in [2.75, 3.05) is 40.4 Å². The number of hydrogen-bond donors (Lipinski definition) is 1. The van der Waals surface area contributed by atoms with Crippen molar-refractivity contribution < 1.29 is 24.2 Å². The molecular weight excluding hydrogens is 432 g/mol. The number of aryl methyl sites for hydroxylation is 1. The fraction of sp³-hybridized carbons (Fsp3) is 0.333. The van der Waals surface area contributed by atoms with E-state index >= 15 is 0 Å². The molecule has 34 heavy (non-hydrogen) atoms. The average Bonchev–Trinajstić information content (AvgIpc) is 3.07. The molecule has 1 fully saturated rings. The Labute approximate surface area is 200 Å². The maximum Gasteiger partial charge on any atom is 0.295 e. The molecule has 2 aromatic rings. The first-order valence-corrected chi connectivity index (χ1v) is 11.3. The van der Waals surface area contributed by atoms with Gasteiger partial charge in [0.05, 0.1) is 18.2 Å². The molecule has 180 valence electrons. The number of rotatable bonds is 10. The number of Topliss-reactive ketones (excluding diaryl/α,β-unsaturated/α-hetero) is 1. The Balaban J connectivity index is 2.08. The topological polar surface area (TPSA) is 79.3 Å². The second-order valence-electron chi connectivity index (χ2n) is 8.38. The summed E-state index contributed by atoms with van der Waals surface area (Å²) < 4.78 is 11.1. The van der Waals surface area contributed by atoms with Gasteiger partial charge in [0.15, 0.2) is 0 Å². The highest BCUT2D eigenvalue weighted by molar-refractivity contribution is 6.46. The van der Waals surface area contributed by atoms with Crippen LogP contribution in [0.5, 0.6) is 11.5 Å². The van der Waals surface area contributed by atoms with E-state index in [0.717, 1.165) is 5.56 Å². The summed E-state index contributed by atoms with van der Waals surface area (Å²) in [6, 6.07) is 11.7. The Morgan fingerprint density at radius 1 is 1.15 bits per heavy atom. The predicted octanol–water partition coefficient (Wildman–Crippen LogP) is 3.94. The van der Waals surface area contributed by atoms with Crippen molar-refractivity contribution in [2.45, 2.75) is 19.9 Å². The van der Waals surface area contributed by atoms with Crippen LogP contribution in [-0.2, 0) is 9.59 Å². The lowest BCUT2D eigenvalue weighted by Crippen LogP contribution is -2.35. The summed E-state index contributed by atoms with van der Waals surface area (Å²) >= 11 is 0. The maximum atomic E-state index is 13.1. The van der Waals surface area contributed by atoms with Crippen molar-refractivity contribution >= 4 is 17.4 Å². The van der Waals surface area contributed by atoms with Crippen LogP contribution in [0.15, 0.2) is 60.7 Å². The summed E-state index contributed by atoms with van der Waals surface area (Å²) in [6.07, 6.45) is 1.66. The van der Waals surface area contributed by atoms with E-state index in [9.17, 15) is 14.7 Å². The van der Waals surface area contributed by atoms with Gasteiger partial charge < -0.3 is 24.4 Å². The molecule has 1 saturated heterocycles. The number of likely N-dealkylation sites (N-methyl/N-ethyl adjacent to an activating group) is 1. The van der Waals surface area contributed by atoms with Crippen molar-refractivity contribution in [3.63, 3.8) is 0 Å². The van der Waals surface area contributed by atoms with Gasteiger partial charge in [-0.2, -0.15) is 0 Å². The van der Waals surface area contributed by atoms with Crippen molar-refractivity contribution in [3.8, 4) is 11.5 Å². The molecule has 1 aliphatic rings. The summed E-state index contributed by atoms with van der Waals surface area (Å²) in [5.74, 6) is -0.162. The molecule has 1 N–H and O–H groups in total.